The molecule has 2 atom stereocenters. The third-order valence-electron chi connectivity index (χ3n) is 3.88. The molecule has 0 radical (unpaired) electrons. The van der Waals surface area contributed by atoms with E-state index in [0.29, 0.717) is 12.1 Å². The lowest BCUT2D eigenvalue weighted by Gasteiger charge is -2.33. The molecule has 2 unspecified atom stereocenters. The second-order valence-electron chi connectivity index (χ2n) is 5.41. The molecule has 1 aromatic carbocycles. The van der Waals surface area contributed by atoms with Crippen LogP contribution in [0.2, 0.25) is 0 Å². The van der Waals surface area contributed by atoms with Crippen LogP contribution < -0.4 is 5.32 Å². The number of rotatable bonds is 6. The molecule has 1 fully saturated rings. The summed E-state index contributed by atoms with van der Waals surface area (Å²) in [5, 5.41) is 3.30. The van der Waals surface area contributed by atoms with Gasteiger partial charge in [0.2, 0.25) is 0 Å². The van der Waals surface area contributed by atoms with Crippen molar-refractivity contribution in [3.05, 3.63) is 35.9 Å². The lowest BCUT2D eigenvalue weighted by Crippen LogP contribution is -2.39. The zero-order valence-electron chi connectivity index (χ0n) is 12.1. The summed E-state index contributed by atoms with van der Waals surface area (Å²) in [6.45, 7) is 2.91. The summed E-state index contributed by atoms with van der Waals surface area (Å²) < 4.78 is 5.85. The van der Waals surface area contributed by atoms with Gasteiger partial charge in [0.05, 0.1) is 6.10 Å². The van der Waals surface area contributed by atoms with Crippen molar-refractivity contribution in [2.75, 3.05) is 33.8 Å². The summed E-state index contributed by atoms with van der Waals surface area (Å²) in [5.41, 5.74) is 1.37. The van der Waals surface area contributed by atoms with Gasteiger partial charge in [-0.2, -0.15) is 0 Å². The minimum absolute atomic E-state index is 0.404. The van der Waals surface area contributed by atoms with E-state index in [0.717, 1.165) is 19.7 Å². The Balaban J connectivity index is 1.97. The Bertz CT molecular complexity index is 349. The largest absolute Gasteiger partial charge is 0.377 e. The molecule has 1 aromatic rings. The van der Waals surface area contributed by atoms with Crippen LogP contribution in [0.25, 0.3) is 0 Å². The fourth-order valence-electron chi connectivity index (χ4n) is 2.80. The van der Waals surface area contributed by atoms with Crippen LogP contribution in [-0.2, 0) is 4.74 Å². The second kappa shape index (κ2) is 7.63. The van der Waals surface area contributed by atoms with Crippen molar-refractivity contribution >= 4 is 0 Å². The maximum absolute atomic E-state index is 5.85. The Morgan fingerprint density at radius 3 is 2.74 bits per heavy atom. The van der Waals surface area contributed by atoms with Crippen LogP contribution in [0.4, 0.5) is 0 Å². The highest BCUT2D eigenvalue weighted by molar-refractivity contribution is 5.19. The maximum Gasteiger partial charge on any atom is 0.0702 e. The minimum Gasteiger partial charge on any atom is -0.377 e. The third-order valence-corrected chi connectivity index (χ3v) is 3.88. The number of nitrogens with one attached hydrogen (secondary N) is 1. The fraction of sp³-hybridized carbons (Fsp3) is 0.625. The standard InChI is InChI=1S/C16H26N2O/c1-17-12-16(14-8-4-3-5-9-14)18(2)13-15-10-6-7-11-19-15/h3-5,8-9,15-17H,6-7,10-13H2,1-2H3. The number of benzene rings is 1. The highest BCUT2D eigenvalue weighted by Crippen LogP contribution is 2.21. The average molecular weight is 262 g/mol. The fourth-order valence-corrected chi connectivity index (χ4v) is 2.80. The highest BCUT2D eigenvalue weighted by atomic mass is 16.5. The van der Waals surface area contributed by atoms with Gasteiger partial charge < -0.3 is 10.1 Å². The number of ether oxygens (including phenoxy) is 1. The Hall–Kier alpha value is -0.900. The van der Waals surface area contributed by atoms with Crippen LogP contribution in [0.5, 0.6) is 0 Å². The smallest absolute Gasteiger partial charge is 0.0702 e. The molecule has 1 N–H and O–H groups in total. The SMILES string of the molecule is CNCC(c1ccccc1)N(C)CC1CCCCO1. The van der Waals surface area contributed by atoms with E-state index in [4.69, 9.17) is 4.74 Å². The van der Waals surface area contributed by atoms with Crippen molar-refractivity contribution in [1.82, 2.24) is 10.2 Å². The van der Waals surface area contributed by atoms with Gasteiger partial charge in [-0.25, -0.2) is 0 Å². The molecule has 0 amide bonds. The van der Waals surface area contributed by atoms with Crippen LogP contribution in [0, 0.1) is 0 Å². The van der Waals surface area contributed by atoms with E-state index < -0.39 is 0 Å². The molecule has 19 heavy (non-hydrogen) atoms. The normalized spacial score (nSPS) is 21.5. The van der Waals surface area contributed by atoms with E-state index >= 15 is 0 Å². The van der Waals surface area contributed by atoms with Gasteiger partial charge in [0.15, 0.2) is 0 Å². The quantitative estimate of drug-likeness (QED) is 0.852. The minimum atomic E-state index is 0.404. The molecule has 0 saturated carbocycles. The summed E-state index contributed by atoms with van der Waals surface area (Å²) in [7, 11) is 4.22. The maximum atomic E-state index is 5.85. The van der Waals surface area contributed by atoms with Crippen LogP contribution in [0.1, 0.15) is 30.9 Å². The predicted molar refractivity (Wildman–Crippen MR) is 79.3 cm³/mol. The molecule has 1 aliphatic rings. The number of hydrogen-bond acceptors (Lipinski definition) is 3. The zero-order chi connectivity index (χ0) is 13.5. The molecule has 0 aliphatic carbocycles. The van der Waals surface area contributed by atoms with E-state index in [1.54, 1.807) is 0 Å². The monoisotopic (exact) mass is 262 g/mol. The molecule has 1 aliphatic heterocycles. The van der Waals surface area contributed by atoms with Crippen molar-refractivity contribution in [2.24, 2.45) is 0 Å². The van der Waals surface area contributed by atoms with E-state index in [9.17, 15) is 0 Å². The summed E-state index contributed by atoms with van der Waals surface area (Å²) in [6.07, 6.45) is 4.13. The van der Waals surface area contributed by atoms with Gasteiger partial charge in [0.25, 0.3) is 0 Å². The van der Waals surface area contributed by atoms with Crippen LogP contribution in [0.15, 0.2) is 30.3 Å². The summed E-state index contributed by atoms with van der Waals surface area (Å²) in [5.74, 6) is 0. The first-order chi connectivity index (χ1) is 9.31. The molecule has 106 valence electrons. The lowest BCUT2D eigenvalue weighted by atomic mass is 10.0. The number of nitrogens with zero attached hydrogens (tertiary/aromatic N) is 1. The van der Waals surface area contributed by atoms with Crippen LogP contribution in [-0.4, -0.2) is 44.8 Å². The Morgan fingerprint density at radius 2 is 2.11 bits per heavy atom. The summed E-state index contributed by atoms with van der Waals surface area (Å²) in [6, 6.07) is 11.1. The van der Waals surface area contributed by atoms with Crippen LogP contribution in [0.3, 0.4) is 0 Å². The first-order valence-corrected chi connectivity index (χ1v) is 7.32. The van der Waals surface area contributed by atoms with Crippen molar-refractivity contribution < 1.29 is 4.74 Å². The summed E-state index contributed by atoms with van der Waals surface area (Å²) >= 11 is 0. The molecule has 3 heteroatoms. The Labute approximate surface area is 116 Å². The predicted octanol–water partition coefficient (Wildman–Crippen LogP) is 2.45. The van der Waals surface area contributed by atoms with E-state index in [1.807, 2.05) is 7.05 Å². The molecular weight excluding hydrogens is 236 g/mol. The van der Waals surface area contributed by atoms with Gasteiger partial charge in [0.1, 0.15) is 0 Å². The van der Waals surface area contributed by atoms with Crippen molar-refractivity contribution in [3.8, 4) is 0 Å². The van der Waals surface area contributed by atoms with Crippen LogP contribution >= 0.6 is 0 Å². The topological polar surface area (TPSA) is 24.5 Å². The van der Waals surface area contributed by atoms with Gasteiger partial charge in [0, 0.05) is 25.7 Å². The first-order valence-electron chi connectivity index (χ1n) is 7.32. The van der Waals surface area contributed by atoms with Gasteiger partial charge in [-0.15, -0.1) is 0 Å². The number of hydrogen-bond donors (Lipinski definition) is 1. The Kier molecular flexibility index (Phi) is 5.83. The Morgan fingerprint density at radius 1 is 1.32 bits per heavy atom. The molecule has 1 saturated heterocycles. The van der Waals surface area contributed by atoms with Crippen molar-refractivity contribution in [3.63, 3.8) is 0 Å². The average Bonchev–Trinajstić information content (AvgIpc) is 2.46. The number of likely N-dealkylation sites (N-methyl/N-ethyl adjacent to an activating group) is 2. The van der Waals surface area contributed by atoms with Crippen molar-refractivity contribution in [1.29, 1.82) is 0 Å². The molecule has 0 bridgehead atoms. The molecule has 3 nitrogen and oxygen atoms in total. The van der Waals surface area contributed by atoms with Gasteiger partial charge >= 0.3 is 0 Å². The van der Waals surface area contributed by atoms with E-state index in [1.165, 1.54) is 24.8 Å². The molecule has 2 rings (SSSR count). The summed E-state index contributed by atoms with van der Waals surface area (Å²) in [4.78, 5) is 2.42. The second-order valence-corrected chi connectivity index (χ2v) is 5.41. The van der Waals surface area contributed by atoms with Gasteiger partial charge in [-0.3, -0.25) is 4.90 Å². The van der Waals surface area contributed by atoms with E-state index in [-0.39, 0.29) is 0 Å². The molecular formula is C16H26N2O. The highest BCUT2D eigenvalue weighted by Gasteiger charge is 2.21. The molecule has 1 heterocycles. The first kappa shape index (κ1) is 14.5. The van der Waals surface area contributed by atoms with E-state index in [2.05, 4.69) is 47.6 Å². The lowest BCUT2D eigenvalue weighted by molar-refractivity contribution is -0.00821. The molecule has 0 spiro atoms. The molecule has 0 aromatic heterocycles. The third kappa shape index (κ3) is 4.30. The van der Waals surface area contributed by atoms with Gasteiger partial charge in [-0.05, 0) is 38.9 Å². The zero-order valence-corrected chi connectivity index (χ0v) is 12.1. The van der Waals surface area contributed by atoms with Crippen molar-refractivity contribution in [2.45, 2.75) is 31.4 Å². The van der Waals surface area contributed by atoms with Gasteiger partial charge in [-0.1, -0.05) is 30.3 Å².